The first-order valence-corrected chi connectivity index (χ1v) is 6.50. The summed E-state index contributed by atoms with van der Waals surface area (Å²) in [6.45, 7) is 4.46. The van der Waals surface area contributed by atoms with Crippen molar-refractivity contribution in [2.45, 2.75) is 32.3 Å². The molecule has 0 bridgehead atoms. The van der Waals surface area contributed by atoms with E-state index in [9.17, 15) is 5.11 Å². The lowest BCUT2D eigenvalue weighted by atomic mass is 9.80. The van der Waals surface area contributed by atoms with Gasteiger partial charge in [-0.1, -0.05) is 47.5 Å². The summed E-state index contributed by atoms with van der Waals surface area (Å²) in [5.41, 5.74) is 5.80. The molecule has 1 rings (SSSR count). The maximum absolute atomic E-state index is 10.6. The monoisotopic (exact) mass is 285 g/mol. The van der Waals surface area contributed by atoms with Crippen molar-refractivity contribution in [2.75, 3.05) is 6.54 Å². The number of benzene rings is 1. The van der Waals surface area contributed by atoms with Gasteiger partial charge >= 0.3 is 0 Å². The van der Waals surface area contributed by atoms with E-state index in [0.717, 1.165) is 22.9 Å². The first-order chi connectivity index (χ1) is 7.54. The molecule has 1 aromatic carbocycles. The van der Waals surface area contributed by atoms with Crippen LogP contribution in [0.5, 0.6) is 0 Å². The molecule has 90 valence electrons. The third-order valence-electron chi connectivity index (χ3n) is 3.14. The summed E-state index contributed by atoms with van der Waals surface area (Å²) in [5.74, 6) is 0.0937. The van der Waals surface area contributed by atoms with Crippen LogP contribution in [0.25, 0.3) is 0 Å². The lowest BCUT2D eigenvalue weighted by molar-refractivity contribution is -0.00692. The molecular formula is C13H20BrNO. The smallest absolute Gasteiger partial charge is 0.0919 e. The lowest BCUT2D eigenvalue weighted by Gasteiger charge is -2.33. The molecule has 0 radical (unpaired) electrons. The van der Waals surface area contributed by atoms with Crippen LogP contribution in [-0.2, 0) is 5.60 Å². The van der Waals surface area contributed by atoms with Gasteiger partial charge in [-0.25, -0.2) is 0 Å². The van der Waals surface area contributed by atoms with Crippen molar-refractivity contribution in [2.24, 2.45) is 11.7 Å². The van der Waals surface area contributed by atoms with Crippen LogP contribution in [0.15, 0.2) is 28.7 Å². The summed E-state index contributed by atoms with van der Waals surface area (Å²) in [7, 11) is 0. The van der Waals surface area contributed by atoms with Gasteiger partial charge in [-0.3, -0.25) is 0 Å². The van der Waals surface area contributed by atoms with Crippen LogP contribution in [0.4, 0.5) is 0 Å². The summed E-state index contributed by atoms with van der Waals surface area (Å²) < 4.78 is 0.939. The van der Waals surface area contributed by atoms with Crippen LogP contribution in [0.3, 0.4) is 0 Å². The quantitative estimate of drug-likeness (QED) is 0.874. The fourth-order valence-electron chi connectivity index (χ4n) is 2.07. The van der Waals surface area contributed by atoms with E-state index in [4.69, 9.17) is 5.73 Å². The van der Waals surface area contributed by atoms with Crippen molar-refractivity contribution in [1.29, 1.82) is 0 Å². The SMILES string of the molecule is CCCC(CN)C(C)(O)c1ccccc1Br. The second-order valence-corrected chi connectivity index (χ2v) is 5.20. The van der Waals surface area contributed by atoms with Crippen molar-refractivity contribution < 1.29 is 5.11 Å². The predicted octanol–water partition coefficient (Wildman–Crippen LogP) is 3.03. The van der Waals surface area contributed by atoms with Gasteiger partial charge in [0.2, 0.25) is 0 Å². The highest BCUT2D eigenvalue weighted by molar-refractivity contribution is 9.10. The Morgan fingerprint density at radius 3 is 2.56 bits per heavy atom. The molecule has 0 heterocycles. The summed E-state index contributed by atoms with van der Waals surface area (Å²) in [6.07, 6.45) is 1.97. The van der Waals surface area contributed by atoms with Crippen molar-refractivity contribution in [3.8, 4) is 0 Å². The molecule has 0 saturated heterocycles. The fourth-order valence-corrected chi connectivity index (χ4v) is 2.75. The first kappa shape index (κ1) is 13.7. The van der Waals surface area contributed by atoms with Crippen molar-refractivity contribution >= 4 is 15.9 Å². The third-order valence-corrected chi connectivity index (χ3v) is 3.83. The molecule has 1 aromatic rings. The maximum atomic E-state index is 10.6. The minimum Gasteiger partial charge on any atom is -0.385 e. The Morgan fingerprint density at radius 2 is 2.06 bits per heavy atom. The molecule has 16 heavy (non-hydrogen) atoms. The second kappa shape index (κ2) is 5.80. The third kappa shape index (κ3) is 2.84. The Labute approximate surface area is 106 Å². The van der Waals surface area contributed by atoms with Crippen molar-refractivity contribution in [1.82, 2.24) is 0 Å². The van der Waals surface area contributed by atoms with E-state index in [1.54, 1.807) is 0 Å². The standard InChI is InChI=1S/C13H20BrNO/c1-3-6-10(9-15)13(2,16)11-7-4-5-8-12(11)14/h4-5,7-8,10,16H,3,6,9,15H2,1-2H3. The fraction of sp³-hybridized carbons (Fsp3) is 0.538. The molecule has 2 atom stereocenters. The molecule has 2 nitrogen and oxygen atoms in total. The van der Waals surface area contributed by atoms with E-state index in [1.165, 1.54) is 0 Å². The summed E-state index contributed by atoms with van der Waals surface area (Å²) in [4.78, 5) is 0. The molecule has 0 aliphatic heterocycles. The van der Waals surface area contributed by atoms with Gasteiger partial charge in [-0.05, 0) is 31.5 Å². The van der Waals surface area contributed by atoms with Crippen LogP contribution >= 0.6 is 15.9 Å². The average molecular weight is 286 g/mol. The molecule has 3 N–H and O–H groups in total. The van der Waals surface area contributed by atoms with Gasteiger partial charge in [-0.2, -0.15) is 0 Å². The highest BCUT2D eigenvalue weighted by Crippen LogP contribution is 2.35. The Hall–Kier alpha value is -0.380. The highest BCUT2D eigenvalue weighted by atomic mass is 79.9. The maximum Gasteiger partial charge on any atom is 0.0919 e. The number of hydrogen-bond donors (Lipinski definition) is 2. The zero-order chi connectivity index (χ0) is 12.2. The zero-order valence-electron chi connectivity index (χ0n) is 9.91. The number of nitrogens with two attached hydrogens (primary N) is 1. The van der Waals surface area contributed by atoms with Crippen LogP contribution in [0.1, 0.15) is 32.3 Å². The van der Waals surface area contributed by atoms with Crippen LogP contribution in [-0.4, -0.2) is 11.7 Å². The Bertz CT molecular complexity index is 338. The number of aliphatic hydroxyl groups is 1. The van der Waals surface area contributed by atoms with Gasteiger partial charge in [0.05, 0.1) is 5.60 Å². The molecule has 0 aliphatic carbocycles. The topological polar surface area (TPSA) is 46.2 Å². The van der Waals surface area contributed by atoms with E-state index in [2.05, 4.69) is 22.9 Å². The van der Waals surface area contributed by atoms with Gasteiger partial charge in [-0.15, -0.1) is 0 Å². The van der Waals surface area contributed by atoms with Gasteiger partial charge in [0, 0.05) is 10.4 Å². The first-order valence-electron chi connectivity index (χ1n) is 5.71. The molecule has 0 aromatic heterocycles. The molecule has 3 heteroatoms. The minimum absolute atomic E-state index is 0.0937. The molecule has 0 fully saturated rings. The Morgan fingerprint density at radius 1 is 1.44 bits per heavy atom. The zero-order valence-corrected chi connectivity index (χ0v) is 11.5. The largest absolute Gasteiger partial charge is 0.385 e. The van der Waals surface area contributed by atoms with Crippen LogP contribution < -0.4 is 5.73 Å². The molecule has 2 unspecified atom stereocenters. The van der Waals surface area contributed by atoms with E-state index >= 15 is 0 Å². The van der Waals surface area contributed by atoms with Gasteiger partial charge in [0.15, 0.2) is 0 Å². The average Bonchev–Trinajstić information content (AvgIpc) is 2.26. The van der Waals surface area contributed by atoms with E-state index in [0.29, 0.717) is 6.54 Å². The molecule has 0 amide bonds. The minimum atomic E-state index is -0.870. The summed E-state index contributed by atoms with van der Waals surface area (Å²) in [5, 5.41) is 10.6. The van der Waals surface area contributed by atoms with Gasteiger partial charge in [0.1, 0.15) is 0 Å². The van der Waals surface area contributed by atoms with Crippen molar-refractivity contribution in [3.63, 3.8) is 0 Å². The lowest BCUT2D eigenvalue weighted by Crippen LogP contribution is -2.37. The van der Waals surface area contributed by atoms with Crippen molar-refractivity contribution in [3.05, 3.63) is 34.3 Å². The molecule has 0 spiro atoms. The number of rotatable bonds is 5. The second-order valence-electron chi connectivity index (χ2n) is 4.35. The highest BCUT2D eigenvalue weighted by Gasteiger charge is 2.33. The number of hydrogen-bond acceptors (Lipinski definition) is 2. The Balaban J connectivity index is 3.04. The van der Waals surface area contributed by atoms with E-state index in [-0.39, 0.29) is 5.92 Å². The van der Waals surface area contributed by atoms with Crippen LogP contribution in [0, 0.1) is 5.92 Å². The van der Waals surface area contributed by atoms with Gasteiger partial charge < -0.3 is 10.8 Å². The normalized spacial score (nSPS) is 16.8. The van der Waals surface area contributed by atoms with Gasteiger partial charge in [0.25, 0.3) is 0 Å². The van der Waals surface area contributed by atoms with E-state index in [1.807, 2.05) is 31.2 Å². The summed E-state index contributed by atoms with van der Waals surface area (Å²) >= 11 is 3.48. The Kier molecular flexibility index (Phi) is 4.96. The van der Waals surface area contributed by atoms with Crippen LogP contribution in [0.2, 0.25) is 0 Å². The number of halogens is 1. The van der Waals surface area contributed by atoms with E-state index < -0.39 is 5.60 Å². The summed E-state index contributed by atoms with van der Waals surface area (Å²) in [6, 6.07) is 7.78. The molecule has 0 saturated carbocycles. The predicted molar refractivity (Wildman–Crippen MR) is 71.2 cm³/mol. The molecular weight excluding hydrogens is 266 g/mol. The molecule has 0 aliphatic rings.